The van der Waals surface area contributed by atoms with E-state index >= 15 is 0 Å². The molecule has 0 aliphatic carbocycles. The molecule has 0 saturated carbocycles. The van der Waals surface area contributed by atoms with Crippen LogP contribution in [0.2, 0.25) is 0 Å². The topological polar surface area (TPSA) is 38.3 Å². The first kappa shape index (κ1) is 13.0. The lowest BCUT2D eigenvalue weighted by molar-refractivity contribution is 0.0954. The number of amides is 1. The van der Waals surface area contributed by atoms with Crippen LogP contribution in [0.25, 0.3) is 0 Å². The van der Waals surface area contributed by atoms with Crippen molar-refractivity contribution >= 4 is 5.91 Å². The Labute approximate surface area is 100.0 Å². The van der Waals surface area contributed by atoms with E-state index in [1.165, 1.54) is 25.3 Å². The number of hydrogen-bond acceptors (Lipinski definition) is 2. The minimum absolute atomic E-state index is 0.0611. The Balaban J connectivity index is 2.64. The predicted octanol–water partition coefficient (Wildman–Crippen LogP) is 1.98. The summed E-state index contributed by atoms with van der Waals surface area (Å²) in [6, 6.07) is 3.99. The number of benzene rings is 1. The lowest BCUT2D eigenvalue weighted by Crippen LogP contribution is -2.24. The summed E-state index contributed by atoms with van der Waals surface area (Å²) in [7, 11) is 1.36. The van der Waals surface area contributed by atoms with E-state index in [-0.39, 0.29) is 11.7 Å². The SMILES string of the molecule is CC#CCCNC(=O)c1ccc(F)c(OC)c1. The third kappa shape index (κ3) is 3.80. The molecule has 0 saturated heterocycles. The largest absolute Gasteiger partial charge is 0.494 e. The van der Waals surface area contributed by atoms with Gasteiger partial charge in [0.2, 0.25) is 0 Å². The van der Waals surface area contributed by atoms with Gasteiger partial charge in [0.15, 0.2) is 11.6 Å². The first-order valence-corrected chi connectivity index (χ1v) is 5.20. The van der Waals surface area contributed by atoms with Crippen LogP contribution >= 0.6 is 0 Å². The molecular formula is C13H14FNO2. The number of methoxy groups -OCH3 is 1. The monoisotopic (exact) mass is 235 g/mol. The van der Waals surface area contributed by atoms with Gasteiger partial charge in [-0.15, -0.1) is 11.8 Å². The van der Waals surface area contributed by atoms with Crippen molar-refractivity contribution < 1.29 is 13.9 Å². The Morgan fingerprint density at radius 1 is 1.53 bits per heavy atom. The highest BCUT2D eigenvalue weighted by Gasteiger charge is 2.09. The Hall–Kier alpha value is -2.02. The lowest BCUT2D eigenvalue weighted by Gasteiger charge is -2.06. The maximum atomic E-state index is 13.1. The van der Waals surface area contributed by atoms with Crippen molar-refractivity contribution in [3.8, 4) is 17.6 Å². The van der Waals surface area contributed by atoms with Crippen LogP contribution in [0.5, 0.6) is 5.75 Å². The standard InChI is InChI=1S/C13H14FNO2/c1-3-4-5-8-15-13(16)10-6-7-11(14)12(9-10)17-2/h6-7,9H,5,8H2,1-2H3,(H,15,16). The van der Waals surface area contributed by atoms with Crippen LogP contribution in [0.15, 0.2) is 18.2 Å². The van der Waals surface area contributed by atoms with Gasteiger partial charge in [-0.2, -0.15) is 0 Å². The number of halogens is 1. The van der Waals surface area contributed by atoms with E-state index in [1.807, 2.05) is 0 Å². The number of ether oxygens (including phenoxy) is 1. The summed E-state index contributed by atoms with van der Waals surface area (Å²) in [4.78, 5) is 11.6. The molecule has 0 heterocycles. The van der Waals surface area contributed by atoms with Gasteiger partial charge in [-0.1, -0.05) is 0 Å². The predicted molar refractivity (Wildman–Crippen MR) is 63.4 cm³/mol. The van der Waals surface area contributed by atoms with Crippen molar-refractivity contribution in [1.29, 1.82) is 0 Å². The molecule has 0 aliphatic rings. The van der Waals surface area contributed by atoms with Crippen LogP contribution in [0.1, 0.15) is 23.7 Å². The first-order chi connectivity index (χ1) is 8.19. The molecule has 0 aliphatic heterocycles. The van der Waals surface area contributed by atoms with Crippen molar-refractivity contribution in [2.75, 3.05) is 13.7 Å². The van der Waals surface area contributed by atoms with Crippen molar-refractivity contribution in [2.24, 2.45) is 0 Å². The minimum atomic E-state index is -0.485. The summed E-state index contributed by atoms with van der Waals surface area (Å²) >= 11 is 0. The van der Waals surface area contributed by atoms with E-state index in [2.05, 4.69) is 17.2 Å². The molecule has 1 aromatic rings. The highest BCUT2D eigenvalue weighted by atomic mass is 19.1. The molecule has 0 unspecified atom stereocenters. The number of rotatable bonds is 4. The Morgan fingerprint density at radius 3 is 2.94 bits per heavy atom. The zero-order valence-corrected chi connectivity index (χ0v) is 9.84. The average Bonchev–Trinajstić information content (AvgIpc) is 2.35. The van der Waals surface area contributed by atoms with Crippen molar-refractivity contribution in [3.05, 3.63) is 29.6 Å². The van der Waals surface area contributed by atoms with Gasteiger partial charge < -0.3 is 10.1 Å². The van der Waals surface area contributed by atoms with E-state index in [0.717, 1.165) is 0 Å². The van der Waals surface area contributed by atoms with E-state index in [0.29, 0.717) is 18.5 Å². The summed E-state index contributed by atoms with van der Waals surface area (Å²) in [5.74, 6) is 4.89. The molecule has 3 nitrogen and oxygen atoms in total. The fraction of sp³-hybridized carbons (Fsp3) is 0.308. The van der Waals surface area contributed by atoms with Gasteiger partial charge in [-0.3, -0.25) is 4.79 Å². The number of nitrogens with one attached hydrogen (secondary N) is 1. The van der Waals surface area contributed by atoms with Crippen LogP contribution in [-0.4, -0.2) is 19.6 Å². The van der Waals surface area contributed by atoms with Gasteiger partial charge in [-0.25, -0.2) is 4.39 Å². The first-order valence-electron chi connectivity index (χ1n) is 5.20. The van der Waals surface area contributed by atoms with Crippen molar-refractivity contribution in [3.63, 3.8) is 0 Å². The Kier molecular flexibility index (Phi) is 5.02. The molecule has 0 spiro atoms. The summed E-state index contributed by atoms with van der Waals surface area (Å²) in [5.41, 5.74) is 0.368. The fourth-order valence-electron chi connectivity index (χ4n) is 1.27. The molecule has 1 aromatic carbocycles. The van der Waals surface area contributed by atoms with Crippen LogP contribution < -0.4 is 10.1 Å². The van der Waals surface area contributed by atoms with Crippen LogP contribution in [0.3, 0.4) is 0 Å². The molecule has 0 fully saturated rings. The Morgan fingerprint density at radius 2 is 2.29 bits per heavy atom. The fourth-order valence-corrected chi connectivity index (χ4v) is 1.27. The zero-order chi connectivity index (χ0) is 12.7. The number of carbonyl (C=O) groups excluding carboxylic acids is 1. The van der Waals surface area contributed by atoms with Gasteiger partial charge in [0.1, 0.15) is 0 Å². The van der Waals surface area contributed by atoms with Gasteiger partial charge in [0.25, 0.3) is 5.91 Å². The summed E-state index contributed by atoms with van der Waals surface area (Å²) in [6.07, 6.45) is 0.598. The molecule has 1 N–H and O–H groups in total. The highest BCUT2D eigenvalue weighted by Crippen LogP contribution is 2.17. The number of hydrogen-bond donors (Lipinski definition) is 1. The molecule has 0 bridgehead atoms. The third-order valence-electron chi connectivity index (χ3n) is 2.13. The molecule has 1 amide bonds. The van der Waals surface area contributed by atoms with Crippen LogP contribution in [-0.2, 0) is 0 Å². The minimum Gasteiger partial charge on any atom is -0.494 e. The summed E-state index contributed by atoms with van der Waals surface area (Å²) in [5, 5.41) is 2.69. The molecule has 0 atom stereocenters. The lowest BCUT2D eigenvalue weighted by atomic mass is 10.2. The summed E-state index contributed by atoms with van der Waals surface area (Å²) in [6.45, 7) is 2.21. The van der Waals surface area contributed by atoms with Crippen LogP contribution in [0.4, 0.5) is 4.39 Å². The third-order valence-corrected chi connectivity index (χ3v) is 2.13. The molecule has 17 heavy (non-hydrogen) atoms. The van der Waals surface area contributed by atoms with Gasteiger partial charge >= 0.3 is 0 Å². The molecule has 90 valence electrons. The van der Waals surface area contributed by atoms with E-state index in [4.69, 9.17) is 4.74 Å². The van der Waals surface area contributed by atoms with Crippen molar-refractivity contribution in [1.82, 2.24) is 5.32 Å². The van der Waals surface area contributed by atoms with E-state index in [1.54, 1.807) is 6.92 Å². The average molecular weight is 235 g/mol. The normalized spacial score (nSPS) is 9.12. The second-order valence-electron chi connectivity index (χ2n) is 3.28. The molecule has 4 heteroatoms. The quantitative estimate of drug-likeness (QED) is 0.640. The van der Waals surface area contributed by atoms with Crippen LogP contribution in [0, 0.1) is 17.7 Å². The Bertz CT molecular complexity index is 460. The smallest absolute Gasteiger partial charge is 0.251 e. The maximum Gasteiger partial charge on any atom is 0.251 e. The van der Waals surface area contributed by atoms with E-state index < -0.39 is 5.82 Å². The summed E-state index contributed by atoms with van der Waals surface area (Å²) < 4.78 is 17.9. The molecule has 1 rings (SSSR count). The maximum absolute atomic E-state index is 13.1. The van der Waals surface area contributed by atoms with Gasteiger partial charge in [-0.05, 0) is 25.1 Å². The van der Waals surface area contributed by atoms with Gasteiger partial charge in [0.05, 0.1) is 7.11 Å². The van der Waals surface area contributed by atoms with E-state index in [9.17, 15) is 9.18 Å². The van der Waals surface area contributed by atoms with Gasteiger partial charge in [0, 0.05) is 18.5 Å². The number of carbonyl (C=O) groups is 1. The zero-order valence-electron chi connectivity index (χ0n) is 9.84. The molecular weight excluding hydrogens is 221 g/mol. The second-order valence-corrected chi connectivity index (χ2v) is 3.28. The molecule has 0 radical (unpaired) electrons. The van der Waals surface area contributed by atoms with Crippen molar-refractivity contribution in [2.45, 2.75) is 13.3 Å². The molecule has 0 aromatic heterocycles. The highest BCUT2D eigenvalue weighted by molar-refractivity contribution is 5.94. The second kappa shape index (κ2) is 6.54.